The number of hydrogen-bond donors (Lipinski definition) is 1. The standard InChI is InChI=1S/C21H23F2N3O3/c1-2-29-19-8-7-15(13-18(19)23)14-24-21(28)26-11-9-25(10-12-26)20(27)16-5-3-4-6-17(16)22/h3-8,13H,2,9-12,14H2,1H3,(H,24,28). The first kappa shape index (κ1) is 20.6. The van der Waals surface area contributed by atoms with Gasteiger partial charge in [-0.25, -0.2) is 13.6 Å². The van der Waals surface area contributed by atoms with Crippen LogP contribution in [0, 0.1) is 11.6 Å². The molecule has 2 aromatic rings. The summed E-state index contributed by atoms with van der Waals surface area (Å²) in [6.07, 6.45) is 0. The first-order valence-electron chi connectivity index (χ1n) is 9.47. The van der Waals surface area contributed by atoms with Gasteiger partial charge < -0.3 is 19.9 Å². The van der Waals surface area contributed by atoms with Gasteiger partial charge >= 0.3 is 6.03 Å². The Hall–Kier alpha value is -3.16. The fraction of sp³-hybridized carbons (Fsp3) is 0.333. The quantitative estimate of drug-likeness (QED) is 0.835. The van der Waals surface area contributed by atoms with E-state index in [1.165, 1.54) is 35.2 Å². The molecule has 3 amide bonds. The number of rotatable bonds is 5. The van der Waals surface area contributed by atoms with Crippen molar-refractivity contribution in [2.45, 2.75) is 13.5 Å². The summed E-state index contributed by atoms with van der Waals surface area (Å²) in [7, 11) is 0. The van der Waals surface area contributed by atoms with Crippen LogP contribution in [0.25, 0.3) is 0 Å². The Morgan fingerprint density at radius 2 is 1.69 bits per heavy atom. The first-order valence-corrected chi connectivity index (χ1v) is 9.47. The fourth-order valence-electron chi connectivity index (χ4n) is 3.13. The first-order chi connectivity index (χ1) is 14.0. The SMILES string of the molecule is CCOc1ccc(CNC(=O)N2CCN(C(=O)c3ccccc3F)CC2)cc1F. The summed E-state index contributed by atoms with van der Waals surface area (Å²) in [5.41, 5.74) is 0.649. The molecule has 29 heavy (non-hydrogen) atoms. The second kappa shape index (κ2) is 9.36. The van der Waals surface area contributed by atoms with E-state index in [4.69, 9.17) is 4.74 Å². The van der Waals surface area contributed by atoms with Gasteiger partial charge in [0.05, 0.1) is 12.2 Å². The molecule has 6 nitrogen and oxygen atoms in total. The van der Waals surface area contributed by atoms with Crippen molar-refractivity contribution in [3.05, 3.63) is 65.2 Å². The Balaban J connectivity index is 1.49. The van der Waals surface area contributed by atoms with Gasteiger partial charge in [0.2, 0.25) is 0 Å². The van der Waals surface area contributed by atoms with Crippen molar-refractivity contribution in [1.82, 2.24) is 15.1 Å². The molecule has 0 radical (unpaired) electrons. The fourth-order valence-corrected chi connectivity index (χ4v) is 3.13. The summed E-state index contributed by atoms with van der Waals surface area (Å²) in [4.78, 5) is 27.9. The summed E-state index contributed by atoms with van der Waals surface area (Å²) < 4.78 is 32.8. The van der Waals surface area contributed by atoms with Gasteiger partial charge in [0.15, 0.2) is 11.6 Å². The largest absolute Gasteiger partial charge is 0.491 e. The maximum Gasteiger partial charge on any atom is 0.317 e. The predicted molar refractivity (Wildman–Crippen MR) is 104 cm³/mol. The third kappa shape index (κ3) is 5.01. The van der Waals surface area contributed by atoms with E-state index in [9.17, 15) is 18.4 Å². The van der Waals surface area contributed by atoms with Gasteiger partial charge in [-0.15, -0.1) is 0 Å². The molecule has 3 rings (SSSR count). The lowest BCUT2D eigenvalue weighted by molar-refractivity contribution is 0.0660. The molecule has 0 unspecified atom stereocenters. The zero-order valence-corrected chi connectivity index (χ0v) is 16.2. The number of nitrogens with one attached hydrogen (secondary N) is 1. The van der Waals surface area contributed by atoms with E-state index in [-0.39, 0.29) is 29.8 Å². The lowest BCUT2D eigenvalue weighted by atomic mass is 10.1. The molecule has 0 aliphatic carbocycles. The Morgan fingerprint density at radius 1 is 1.00 bits per heavy atom. The third-order valence-corrected chi connectivity index (χ3v) is 4.70. The Labute approximate surface area is 168 Å². The topological polar surface area (TPSA) is 61.9 Å². The van der Waals surface area contributed by atoms with E-state index in [1.807, 2.05) is 0 Å². The average Bonchev–Trinajstić information content (AvgIpc) is 2.74. The van der Waals surface area contributed by atoms with Crippen LogP contribution in [0.3, 0.4) is 0 Å². The highest BCUT2D eigenvalue weighted by molar-refractivity contribution is 5.94. The number of piperazine rings is 1. The number of nitrogens with zero attached hydrogens (tertiary/aromatic N) is 2. The van der Waals surface area contributed by atoms with Crippen molar-refractivity contribution in [2.24, 2.45) is 0 Å². The van der Waals surface area contributed by atoms with Gasteiger partial charge in [-0.1, -0.05) is 18.2 Å². The van der Waals surface area contributed by atoms with Gasteiger partial charge in [0, 0.05) is 32.7 Å². The minimum Gasteiger partial charge on any atom is -0.491 e. The third-order valence-electron chi connectivity index (χ3n) is 4.70. The molecule has 0 bridgehead atoms. The second-order valence-electron chi connectivity index (χ2n) is 6.62. The van der Waals surface area contributed by atoms with Crippen LogP contribution in [0.4, 0.5) is 13.6 Å². The minimum atomic E-state index is -0.555. The number of benzene rings is 2. The smallest absolute Gasteiger partial charge is 0.317 e. The molecule has 0 spiro atoms. The van der Waals surface area contributed by atoms with Gasteiger partial charge in [-0.2, -0.15) is 0 Å². The summed E-state index contributed by atoms with van der Waals surface area (Å²) in [5, 5.41) is 2.75. The molecule has 1 N–H and O–H groups in total. The van der Waals surface area contributed by atoms with Crippen LogP contribution in [0.5, 0.6) is 5.75 Å². The molecular weight excluding hydrogens is 380 g/mol. The lowest BCUT2D eigenvalue weighted by Gasteiger charge is -2.34. The summed E-state index contributed by atoms with van der Waals surface area (Å²) in [6.45, 7) is 3.63. The van der Waals surface area contributed by atoms with Crippen LogP contribution in [-0.2, 0) is 6.54 Å². The van der Waals surface area contributed by atoms with Crippen molar-refractivity contribution in [3.8, 4) is 5.75 Å². The maximum absolute atomic E-state index is 13.9. The number of urea groups is 1. The van der Waals surface area contributed by atoms with Gasteiger partial charge in [-0.3, -0.25) is 4.79 Å². The molecule has 0 aromatic heterocycles. The molecule has 1 fully saturated rings. The van der Waals surface area contributed by atoms with E-state index in [2.05, 4.69) is 5.32 Å². The molecule has 1 heterocycles. The molecule has 1 saturated heterocycles. The molecule has 0 saturated carbocycles. The molecule has 1 aliphatic rings. The number of carbonyl (C=O) groups excluding carboxylic acids is 2. The number of hydrogen-bond acceptors (Lipinski definition) is 3. The minimum absolute atomic E-state index is 0.0305. The zero-order chi connectivity index (χ0) is 20.8. The van der Waals surface area contributed by atoms with Crippen molar-refractivity contribution < 1.29 is 23.1 Å². The van der Waals surface area contributed by atoms with Crippen LogP contribution < -0.4 is 10.1 Å². The predicted octanol–water partition coefficient (Wildman–Crippen LogP) is 3.03. The summed E-state index contributed by atoms with van der Waals surface area (Å²) in [5.74, 6) is -1.23. The van der Waals surface area contributed by atoms with E-state index >= 15 is 0 Å². The van der Waals surface area contributed by atoms with E-state index in [0.717, 1.165) is 0 Å². The van der Waals surface area contributed by atoms with E-state index in [1.54, 1.807) is 24.0 Å². The highest BCUT2D eigenvalue weighted by Crippen LogP contribution is 2.18. The number of amides is 3. The van der Waals surface area contributed by atoms with Crippen LogP contribution in [0.2, 0.25) is 0 Å². The Bertz CT molecular complexity index is 883. The molecule has 8 heteroatoms. The molecular formula is C21H23F2N3O3. The summed E-state index contributed by atoms with van der Waals surface area (Å²) >= 11 is 0. The Kier molecular flexibility index (Phi) is 6.64. The number of halogens is 2. The van der Waals surface area contributed by atoms with Gasteiger partial charge in [-0.05, 0) is 36.8 Å². The molecule has 1 aliphatic heterocycles. The van der Waals surface area contributed by atoms with Gasteiger partial charge in [0.1, 0.15) is 5.82 Å². The monoisotopic (exact) mass is 403 g/mol. The van der Waals surface area contributed by atoms with Crippen molar-refractivity contribution in [3.63, 3.8) is 0 Å². The van der Waals surface area contributed by atoms with Crippen molar-refractivity contribution >= 4 is 11.9 Å². The van der Waals surface area contributed by atoms with Crippen LogP contribution in [-0.4, -0.2) is 54.5 Å². The van der Waals surface area contributed by atoms with Crippen molar-refractivity contribution in [2.75, 3.05) is 32.8 Å². The highest BCUT2D eigenvalue weighted by atomic mass is 19.1. The Morgan fingerprint density at radius 3 is 2.34 bits per heavy atom. The normalized spacial score (nSPS) is 13.9. The maximum atomic E-state index is 13.9. The van der Waals surface area contributed by atoms with Gasteiger partial charge in [0.25, 0.3) is 5.91 Å². The summed E-state index contributed by atoms with van der Waals surface area (Å²) in [6, 6.07) is 10.1. The van der Waals surface area contributed by atoms with Crippen LogP contribution >= 0.6 is 0 Å². The average molecular weight is 403 g/mol. The lowest BCUT2D eigenvalue weighted by Crippen LogP contribution is -2.53. The van der Waals surface area contributed by atoms with Crippen LogP contribution in [0.15, 0.2) is 42.5 Å². The number of carbonyl (C=O) groups is 2. The van der Waals surface area contributed by atoms with Crippen LogP contribution in [0.1, 0.15) is 22.8 Å². The molecule has 154 valence electrons. The highest BCUT2D eigenvalue weighted by Gasteiger charge is 2.26. The molecule has 0 atom stereocenters. The molecule has 2 aromatic carbocycles. The van der Waals surface area contributed by atoms with E-state index in [0.29, 0.717) is 38.3 Å². The second-order valence-corrected chi connectivity index (χ2v) is 6.62. The van der Waals surface area contributed by atoms with E-state index < -0.39 is 11.6 Å². The zero-order valence-electron chi connectivity index (χ0n) is 16.2. The number of ether oxygens (including phenoxy) is 1. The van der Waals surface area contributed by atoms with Crippen molar-refractivity contribution in [1.29, 1.82) is 0 Å².